The van der Waals surface area contributed by atoms with E-state index in [9.17, 15) is 4.79 Å². The molecule has 3 aromatic rings. The van der Waals surface area contributed by atoms with Crippen LogP contribution in [0.1, 0.15) is 15.9 Å². The van der Waals surface area contributed by atoms with Crippen LogP contribution in [0.4, 0.5) is 5.82 Å². The molecule has 3 rings (SSSR count). The van der Waals surface area contributed by atoms with E-state index < -0.39 is 5.91 Å². The van der Waals surface area contributed by atoms with Gasteiger partial charge in [0.25, 0.3) is 5.91 Å². The molecule has 0 unspecified atom stereocenters. The molecule has 0 fully saturated rings. The van der Waals surface area contributed by atoms with Crippen LogP contribution in [-0.4, -0.2) is 10.9 Å². The standard InChI is InChI=1S/C18H15N3O2/c1-2-6-12-7-5-8-13-11-14(17(19)23-16(12)13)18(22)21-15-9-3-4-10-20-15/h2-5,7-11,19H,1,6H2,(H,20,21,22). The van der Waals surface area contributed by atoms with Crippen molar-refractivity contribution >= 4 is 22.7 Å². The molecule has 23 heavy (non-hydrogen) atoms. The largest absolute Gasteiger partial charge is 0.438 e. The zero-order chi connectivity index (χ0) is 16.2. The van der Waals surface area contributed by atoms with Crippen LogP contribution in [0.15, 0.2) is 65.7 Å². The van der Waals surface area contributed by atoms with Crippen molar-refractivity contribution in [3.63, 3.8) is 0 Å². The van der Waals surface area contributed by atoms with Crippen molar-refractivity contribution < 1.29 is 9.21 Å². The summed E-state index contributed by atoms with van der Waals surface area (Å²) < 4.78 is 5.57. The number of carbonyl (C=O) groups excluding carboxylic acids is 1. The molecule has 1 aromatic carbocycles. The Balaban J connectivity index is 2.02. The van der Waals surface area contributed by atoms with Crippen LogP contribution in [-0.2, 0) is 6.42 Å². The summed E-state index contributed by atoms with van der Waals surface area (Å²) in [6, 6.07) is 12.5. The normalized spacial score (nSPS) is 10.4. The molecule has 5 nitrogen and oxygen atoms in total. The third kappa shape index (κ3) is 3.03. The zero-order valence-corrected chi connectivity index (χ0v) is 12.4. The summed E-state index contributed by atoms with van der Waals surface area (Å²) in [6.45, 7) is 3.72. The SMILES string of the molecule is C=CCc1cccc2cc(C(=O)Nc3ccccn3)c(=N)oc12. The van der Waals surface area contributed by atoms with Gasteiger partial charge in [0, 0.05) is 11.6 Å². The highest BCUT2D eigenvalue weighted by molar-refractivity contribution is 6.04. The number of para-hydroxylation sites is 1. The molecule has 114 valence electrons. The highest BCUT2D eigenvalue weighted by Crippen LogP contribution is 2.19. The predicted octanol–water partition coefficient (Wildman–Crippen LogP) is 3.29. The van der Waals surface area contributed by atoms with Gasteiger partial charge < -0.3 is 9.73 Å². The Labute approximate surface area is 132 Å². The number of benzene rings is 1. The first-order valence-corrected chi connectivity index (χ1v) is 7.12. The number of nitrogens with zero attached hydrogens (tertiary/aromatic N) is 1. The third-order valence-electron chi connectivity index (χ3n) is 3.39. The van der Waals surface area contributed by atoms with Crippen molar-refractivity contribution in [3.8, 4) is 0 Å². The average Bonchev–Trinajstić information content (AvgIpc) is 2.56. The predicted molar refractivity (Wildman–Crippen MR) is 88.2 cm³/mol. The van der Waals surface area contributed by atoms with E-state index in [1.165, 1.54) is 0 Å². The summed E-state index contributed by atoms with van der Waals surface area (Å²) in [6.07, 6.45) is 4.00. The number of rotatable bonds is 4. The number of hydrogen-bond donors (Lipinski definition) is 2. The number of anilines is 1. The Morgan fingerprint density at radius 3 is 2.91 bits per heavy atom. The minimum absolute atomic E-state index is 0.166. The van der Waals surface area contributed by atoms with Crippen molar-refractivity contribution in [3.05, 3.63) is 78.0 Å². The molecule has 5 heteroatoms. The lowest BCUT2D eigenvalue weighted by Gasteiger charge is -2.07. The molecule has 0 bridgehead atoms. The van der Waals surface area contributed by atoms with Crippen molar-refractivity contribution in [1.82, 2.24) is 4.98 Å². The third-order valence-corrected chi connectivity index (χ3v) is 3.39. The van der Waals surface area contributed by atoms with Gasteiger partial charge >= 0.3 is 0 Å². The van der Waals surface area contributed by atoms with Gasteiger partial charge in [-0.2, -0.15) is 0 Å². The number of allylic oxidation sites excluding steroid dienone is 1. The smallest absolute Gasteiger partial charge is 0.262 e. The van der Waals surface area contributed by atoms with Crippen LogP contribution in [0.3, 0.4) is 0 Å². The van der Waals surface area contributed by atoms with Gasteiger partial charge in [-0.25, -0.2) is 4.98 Å². The molecular weight excluding hydrogens is 290 g/mol. The van der Waals surface area contributed by atoms with E-state index in [2.05, 4.69) is 16.9 Å². The van der Waals surface area contributed by atoms with Crippen LogP contribution < -0.4 is 10.9 Å². The van der Waals surface area contributed by atoms with Crippen molar-refractivity contribution in [2.45, 2.75) is 6.42 Å². The Kier molecular flexibility index (Phi) is 4.01. The van der Waals surface area contributed by atoms with Gasteiger partial charge in [-0.3, -0.25) is 10.2 Å². The van der Waals surface area contributed by atoms with E-state index in [1.807, 2.05) is 18.2 Å². The topological polar surface area (TPSA) is 79.0 Å². The van der Waals surface area contributed by atoms with Crippen molar-refractivity contribution in [1.29, 1.82) is 5.41 Å². The summed E-state index contributed by atoms with van der Waals surface area (Å²) >= 11 is 0. The van der Waals surface area contributed by atoms with Gasteiger partial charge in [-0.05, 0) is 30.2 Å². The monoisotopic (exact) mass is 305 g/mol. The number of nitrogens with one attached hydrogen (secondary N) is 2. The zero-order valence-electron chi connectivity index (χ0n) is 12.4. The Hall–Kier alpha value is -3.21. The Bertz CT molecular complexity index is 930. The van der Waals surface area contributed by atoms with Crippen LogP contribution in [0.25, 0.3) is 11.0 Å². The van der Waals surface area contributed by atoms with Crippen LogP contribution in [0, 0.1) is 5.41 Å². The molecule has 0 radical (unpaired) electrons. The van der Waals surface area contributed by atoms with E-state index in [4.69, 9.17) is 9.83 Å². The first-order chi connectivity index (χ1) is 11.2. The van der Waals surface area contributed by atoms with Crippen molar-refractivity contribution in [2.75, 3.05) is 5.32 Å². The number of fused-ring (bicyclic) bond motifs is 1. The number of pyridine rings is 1. The highest BCUT2D eigenvalue weighted by Gasteiger charge is 2.13. The van der Waals surface area contributed by atoms with Gasteiger partial charge in [0.1, 0.15) is 17.0 Å². The first-order valence-electron chi connectivity index (χ1n) is 7.12. The van der Waals surface area contributed by atoms with Crippen LogP contribution >= 0.6 is 0 Å². The summed E-state index contributed by atoms with van der Waals surface area (Å²) in [5, 5.41) is 11.4. The fourth-order valence-corrected chi connectivity index (χ4v) is 2.33. The fraction of sp³-hybridized carbons (Fsp3) is 0.0556. The Morgan fingerprint density at radius 2 is 2.17 bits per heavy atom. The highest BCUT2D eigenvalue weighted by atomic mass is 16.3. The minimum atomic E-state index is -0.423. The van der Waals surface area contributed by atoms with Crippen LogP contribution in [0.5, 0.6) is 0 Å². The first kappa shape index (κ1) is 14.7. The number of hydrogen-bond acceptors (Lipinski definition) is 4. The second kappa shape index (κ2) is 6.27. The van der Waals surface area contributed by atoms with E-state index in [0.29, 0.717) is 17.8 Å². The molecule has 0 saturated carbocycles. The van der Waals surface area contributed by atoms with E-state index in [0.717, 1.165) is 10.9 Å². The van der Waals surface area contributed by atoms with E-state index >= 15 is 0 Å². The van der Waals surface area contributed by atoms with Crippen LogP contribution in [0.2, 0.25) is 0 Å². The molecule has 0 aliphatic heterocycles. The molecule has 0 saturated heterocycles. The van der Waals surface area contributed by atoms with Gasteiger partial charge in [0.05, 0.1) is 0 Å². The molecule has 2 aromatic heterocycles. The number of aromatic nitrogens is 1. The second-order valence-electron chi connectivity index (χ2n) is 4.99. The lowest BCUT2D eigenvalue weighted by atomic mass is 10.1. The quantitative estimate of drug-likeness (QED) is 0.726. The maximum absolute atomic E-state index is 12.3. The molecule has 2 N–H and O–H groups in total. The lowest BCUT2D eigenvalue weighted by molar-refractivity contribution is 0.102. The van der Waals surface area contributed by atoms with Gasteiger partial charge in [0.2, 0.25) is 5.55 Å². The van der Waals surface area contributed by atoms with Gasteiger partial charge in [0.15, 0.2) is 0 Å². The van der Waals surface area contributed by atoms with Crippen molar-refractivity contribution in [2.24, 2.45) is 0 Å². The lowest BCUT2D eigenvalue weighted by Crippen LogP contribution is -2.21. The fourth-order valence-electron chi connectivity index (χ4n) is 2.33. The molecule has 0 spiro atoms. The molecule has 0 aliphatic carbocycles. The molecule has 2 heterocycles. The van der Waals surface area contributed by atoms with E-state index in [1.54, 1.807) is 36.5 Å². The molecular formula is C18H15N3O2. The maximum atomic E-state index is 12.3. The second-order valence-corrected chi connectivity index (χ2v) is 4.99. The summed E-state index contributed by atoms with van der Waals surface area (Å²) in [5.41, 5.74) is 1.52. The molecule has 1 amide bonds. The van der Waals surface area contributed by atoms with Gasteiger partial charge in [-0.1, -0.05) is 30.3 Å². The minimum Gasteiger partial charge on any atom is -0.438 e. The Morgan fingerprint density at radius 1 is 1.30 bits per heavy atom. The molecule has 0 aliphatic rings. The number of carbonyl (C=O) groups is 1. The number of amides is 1. The average molecular weight is 305 g/mol. The molecule has 0 atom stereocenters. The summed E-state index contributed by atoms with van der Waals surface area (Å²) in [5.74, 6) is 0.00544. The van der Waals surface area contributed by atoms with Gasteiger partial charge in [-0.15, -0.1) is 6.58 Å². The summed E-state index contributed by atoms with van der Waals surface area (Å²) in [4.78, 5) is 16.4. The summed E-state index contributed by atoms with van der Waals surface area (Å²) in [7, 11) is 0. The van der Waals surface area contributed by atoms with E-state index in [-0.39, 0.29) is 11.1 Å². The maximum Gasteiger partial charge on any atom is 0.262 e.